The molecule has 1 aliphatic heterocycles. The van der Waals surface area contributed by atoms with E-state index >= 15 is 0 Å². The van der Waals surface area contributed by atoms with Gasteiger partial charge >= 0.3 is 0 Å². The molecule has 1 atom stereocenters. The number of anilines is 1. The van der Waals surface area contributed by atoms with Crippen LogP contribution in [0.1, 0.15) is 23.5 Å². The highest BCUT2D eigenvalue weighted by Crippen LogP contribution is 2.38. The molecule has 2 N–H and O–H groups in total. The van der Waals surface area contributed by atoms with Crippen molar-refractivity contribution < 1.29 is 0 Å². The molecule has 0 spiro atoms. The molecule has 2 aromatic rings. The summed E-state index contributed by atoms with van der Waals surface area (Å²) in [4.78, 5) is 6.45. The van der Waals surface area contributed by atoms with Crippen molar-refractivity contribution in [3.63, 3.8) is 0 Å². The van der Waals surface area contributed by atoms with Crippen molar-refractivity contribution in [2.24, 2.45) is 5.73 Å². The van der Waals surface area contributed by atoms with Crippen molar-refractivity contribution in [2.45, 2.75) is 18.9 Å². The second kappa shape index (κ2) is 6.22. The van der Waals surface area contributed by atoms with E-state index in [0.29, 0.717) is 22.8 Å². The number of rotatable bonds is 4. The van der Waals surface area contributed by atoms with Crippen LogP contribution in [0.3, 0.4) is 0 Å². The van der Waals surface area contributed by atoms with Crippen molar-refractivity contribution in [3.05, 3.63) is 57.8 Å². The predicted molar refractivity (Wildman–Crippen MR) is 88.2 cm³/mol. The maximum Gasteiger partial charge on any atom is 0.135 e. The van der Waals surface area contributed by atoms with Crippen molar-refractivity contribution in [1.29, 1.82) is 0 Å². The summed E-state index contributed by atoms with van der Waals surface area (Å²) >= 11 is 12.0. The van der Waals surface area contributed by atoms with Crippen LogP contribution < -0.4 is 10.6 Å². The maximum atomic E-state index is 6.19. The molecule has 3 nitrogen and oxygen atoms in total. The highest BCUT2D eigenvalue weighted by molar-refractivity contribution is 6.32. The summed E-state index contributed by atoms with van der Waals surface area (Å²) in [6.45, 7) is 2.41. The minimum Gasteiger partial charge on any atom is -0.366 e. The first-order valence-corrected chi connectivity index (χ1v) is 7.79. The largest absolute Gasteiger partial charge is 0.366 e. The number of fused-ring (bicyclic) bond motifs is 1. The fourth-order valence-electron chi connectivity index (χ4n) is 2.95. The van der Waals surface area contributed by atoms with Crippen LogP contribution in [0, 0.1) is 0 Å². The van der Waals surface area contributed by atoms with Crippen LogP contribution in [0.15, 0.2) is 36.4 Å². The smallest absolute Gasteiger partial charge is 0.135 e. The quantitative estimate of drug-likeness (QED) is 0.870. The van der Waals surface area contributed by atoms with Gasteiger partial charge in [-0.05, 0) is 30.7 Å². The monoisotopic (exact) mass is 321 g/mol. The topological polar surface area (TPSA) is 42.1 Å². The summed E-state index contributed by atoms with van der Waals surface area (Å²) < 4.78 is 0. The number of hydrogen-bond acceptors (Lipinski definition) is 3. The van der Waals surface area contributed by atoms with E-state index in [1.807, 2.05) is 6.07 Å². The minimum atomic E-state index is 0.423. The summed E-state index contributed by atoms with van der Waals surface area (Å²) in [7, 11) is 0. The highest BCUT2D eigenvalue weighted by atomic mass is 35.5. The third-order valence-corrected chi connectivity index (χ3v) is 4.46. The van der Waals surface area contributed by atoms with Crippen molar-refractivity contribution in [1.82, 2.24) is 4.98 Å². The first-order valence-electron chi connectivity index (χ1n) is 7.04. The zero-order valence-electron chi connectivity index (χ0n) is 11.6. The second-order valence-electron chi connectivity index (χ2n) is 5.30. The van der Waals surface area contributed by atoms with Gasteiger partial charge in [0.1, 0.15) is 10.3 Å². The fraction of sp³-hybridized carbons (Fsp3) is 0.312. The normalized spacial score (nSPS) is 17.1. The number of nitrogens with zero attached hydrogens (tertiary/aromatic N) is 2. The Balaban J connectivity index is 1.86. The van der Waals surface area contributed by atoms with E-state index in [4.69, 9.17) is 28.9 Å². The minimum absolute atomic E-state index is 0.423. The number of pyridine rings is 1. The van der Waals surface area contributed by atoms with Crippen LogP contribution in [0.2, 0.25) is 10.3 Å². The molecule has 1 unspecified atom stereocenters. The van der Waals surface area contributed by atoms with E-state index in [1.165, 1.54) is 11.3 Å². The molecule has 5 heteroatoms. The first kappa shape index (κ1) is 14.6. The second-order valence-corrected chi connectivity index (χ2v) is 6.04. The molecular weight excluding hydrogens is 305 g/mol. The van der Waals surface area contributed by atoms with E-state index in [0.717, 1.165) is 25.1 Å². The van der Waals surface area contributed by atoms with Gasteiger partial charge in [-0.15, -0.1) is 0 Å². The third-order valence-electron chi connectivity index (χ3n) is 3.93. The van der Waals surface area contributed by atoms with Crippen LogP contribution in [0.4, 0.5) is 5.69 Å². The van der Waals surface area contributed by atoms with Gasteiger partial charge in [-0.2, -0.15) is 0 Å². The van der Waals surface area contributed by atoms with Crippen LogP contribution in [-0.4, -0.2) is 18.1 Å². The van der Waals surface area contributed by atoms with Gasteiger partial charge in [0, 0.05) is 30.3 Å². The van der Waals surface area contributed by atoms with Gasteiger partial charge in [-0.25, -0.2) is 4.98 Å². The molecule has 0 saturated carbocycles. The van der Waals surface area contributed by atoms with E-state index in [-0.39, 0.29) is 0 Å². The lowest BCUT2D eigenvalue weighted by molar-refractivity contribution is 0.644. The molecule has 0 fully saturated rings. The summed E-state index contributed by atoms with van der Waals surface area (Å²) in [5.74, 6) is 0.491. The molecule has 3 rings (SSSR count). The van der Waals surface area contributed by atoms with Crippen LogP contribution >= 0.6 is 23.2 Å². The molecule has 0 aliphatic carbocycles. The van der Waals surface area contributed by atoms with E-state index in [2.05, 4.69) is 34.1 Å². The molecule has 1 aromatic heterocycles. The number of nitrogens with two attached hydrogens (primary N) is 1. The number of benzene rings is 1. The molecule has 21 heavy (non-hydrogen) atoms. The number of aromatic nitrogens is 1. The van der Waals surface area contributed by atoms with Gasteiger partial charge in [0.15, 0.2) is 0 Å². The van der Waals surface area contributed by atoms with E-state index in [9.17, 15) is 0 Å². The van der Waals surface area contributed by atoms with Gasteiger partial charge in [0.05, 0.1) is 0 Å². The van der Waals surface area contributed by atoms with Gasteiger partial charge in [-0.3, -0.25) is 0 Å². The summed E-state index contributed by atoms with van der Waals surface area (Å²) in [5.41, 5.74) is 9.37. The van der Waals surface area contributed by atoms with Crippen molar-refractivity contribution >= 4 is 28.9 Å². The van der Waals surface area contributed by atoms with Gasteiger partial charge in [-0.1, -0.05) is 47.5 Å². The van der Waals surface area contributed by atoms with E-state index < -0.39 is 0 Å². The molecule has 0 bridgehead atoms. The first-order chi connectivity index (χ1) is 10.2. The molecule has 110 valence electrons. The molecule has 0 amide bonds. The number of hydrogen-bond donors (Lipinski definition) is 1. The molecule has 0 saturated heterocycles. The van der Waals surface area contributed by atoms with Crippen molar-refractivity contribution in [3.8, 4) is 0 Å². The Morgan fingerprint density at radius 2 is 2.00 bits per heavy atom. The standard InChI is InChI=1S/C16H17Cl2N3/c17-15-6-5-12(16(18)20-15)10-21-9-11(7-8-19)13-3-1-2-4-14(13)21/h1-6,11H,7-10,19H2. The van der Waals surface area contributed by atoms with E-state index in [1.54, 1.807) is 6.07 Å². The zero-order chi connectivity index (χ0) is 14.8. The van der Waals surface area contributed by atoms with Gasteiger partial charge in [0.25, 0.3) is 0 Å². The number of para-hydroxylation sites is 1. The van der Waals surface area contributed by atoms with Gasteiger partial charge in [0.2, 0.25) is 0 Å². The Bertz CT molecular complexity index is 645. The Morgan fingerprint density at radius 3 is 2.76 bits per heavy atom. The zero-order valence-corrected chi connectivity index (χ0v) is 13.1. The summed E-state index contributed by atoms with van der Waals surface area (Å²) in [6, 6.07) is 12.2. The van der Waals surface area contributed by atoms with Crippen molar-refractivity contribution in [2.75, 3.05) is 18.0 Å². The predicted octanol–water partition coefficient (Wildman–Crippen LogP) is 3.84. The lowest BCUT2D eigenvalue weighted by Gasteiger charge is -2.20. The summed E-state index contributed by atoms with van der Waals surface area (Å²) in [5, 5.41) is 0.897. The van der Waals surface area contributed by atoms with Crippen LogP contribution in [-0.2, 0) is 6.54 Å². The Morgan fingerprint density at radius 1 is 1.19 bits per heavy atom. The van der Waals surface area contributed by atoms with Crippen LogP contribution in [0.5, 0.6) is 0 Å². The molecule has 0 radical (unpaired) electrons. The Labute approximate surface area is 134 Å². The Hall–Kier alpha value is -1.29. The highest BCUT2D eigenvalue weighted by Gasteiger charge is 2.27. The lowest BCUT2D eigenvalue weighted by Crippen LogP contribution is -2.22. The fourth-order valence-corrected chi connectivity index (χ4v) is 3.35. The van der Waals surface area contributed by atoms with Crippen LogP contribution in [0.25, 0.3) is 0 Å². The Kier molecular flexibility index (Phi) is 4.34. The molecule has 1 aromatic carbocycles. The third kappa shape index (κ3) is 3.00. The maximum absolute atomic E-state index is 6.19. The average Bonchev–Trinajstić information content (AvgIpc) is 2.81. The SMILES string of the molecule is NCCC1CN(Cc2ccc(Cl)nc2Cl)c2ccccc21. The summed E-state index contributed by atoms with van der Waals surface area (Å²) in [6.07, 6.45) is 1.00. The molecule has 1 aliphatic rings. The average molecular weight is 322 g/mol. The number of halogens is 2. The molecule has 2 heterocycles. The molecular formula is C16H17Cl2N3. The van der Waals surface area contributed by atoms with Gasteiger partial charge < -0.3 is 10.6 Å². The lowest BCUT2D eigenvalue weighted by atomic mass is 9.98.